The Kier molecular flexibility index (Phi) is 7.64. The van der Waals surface area contributed by atoms with Gasteiger partial charge in [0.25, 0.3) is 0 Å². The molecule has 2 aromatic heterocycles. The second-order valence-electron chi connectivity index (χ2n) is 14.4. The molecule has 7 aromatic carbocycles. The highest BCUT2D eigenvalue weighted by Crippen LogP contribution is 2.62. The molecule has 1 aliphatic heterocycles. The highest BCUT2D eigenvalue weighted by Gasteiger charge is 2.50. The van der Waals surface area contributed by atoms with Crippen LogP contribution in [0.5, 0.6) is 0 Å². The molecule has 56 heavy (non-hydrogen) atoms. The number of benzene rings is 7. The van der Waals surface area contributed by atoms with Crippen molar-refractivity contribution in [1.29, 1.82) is 0 Å². The SMILES string of the molecule is c1ccc(-c2ccc(-c3ccc(-c4ccc(-c5ccc6c(c5)C5(c7ccccc7S6)c6ccccc6-c6ccccc65)nn4)cc3)c(-c3ccccc3)n2)cc1. The van der Waals surface area contributed by atoms with Gasteiger partial charge in [-0.25, -0.2) is 4.98 Å². The van der Waals surface area contributed by atoms with E-state index in [1.807, 2.05) is 23.9 Å². The molecule has 0 saturated carbocycles. The minimum atomic E-state index is -0.423. The van der Waals surface area contributed by atoms with Crippen LogP contribution in [0.3, 0.4) is 0 Å². The van der Waals surface area contributed by atoms with Crippen molar-refractivity contribution in [2.45, 2.75) is 15.2 Å². The van der Waals surface area contributed by atoms with Crippen LogP contribution < -0.4 is 0 Å². The predicted octanol–water partition coefficient (Wildman–Crippen LogP) is 13.0. The summed E-state index contributed by atoms with van der Waals surface area (Å²) in [5, 5.41) is 9.61. The second kappa shape index (κ2) is 13.2. The molecule has 3 heterocycles. The van der Waals surface area contributed by atoms with Gasteiger partial charge in [0.1, 0.15) is 0 Å². The van der Waals surface area contributed by atoms with E-state index in [1.165, 1.54) is 43.2 Å². The maximum atomic E-state index is 5.17. The minimum absolute atomic E-state index is 0.423. The van der Waals surface area contributed by atoms with Crippen molar-refractivity contribution in [2.75, 3.05) is 0 Å². The van der Waals surface area contributed by atoms with Gasteiger partial charge in [0, 0.05) is 37.6 Å². The minimum Gasteiger partial charge on any atom is -0.247 e. The molecular weight excluding hydrogens is 699 g/mol. The molecule has 0 unspecified atom stereocenters. The van der Waals surface area contributed by atoms with Crippen LogP contribution >= 0.6 is 11.8 Å². The van der Waals surface area contributed by atoms with Gasteiger partial charge in [0.2, 0.25) is 0 Å². The summed E-state index contributed by atoms with van der Waals surface area (Å²) in [7, 11) is 0. The Labute approximate surface area is 330 Å². The highest BCUT2D eigenvalue weighted by atomic mass is 32.2. The van der Waals surface area contributed by atoms with Gasteiger partial charge in [-0.3, -0.25) is 0 Å². The van der Waals surface area contributed by atoms with Crippen molar-refractivity contribution in [1.82, 2.24) is 15.2 Å². The van der Waals surface area contributed by atoms with Crippen molar-refractivity contribution < 1.29 is 0 Å². The lowest BCUT2D eigenvalue weighted by molar-refractivity contribution is 0.722. The number of aromatic nitrogens is 3. The van der Waals surface area contributed by atoms with E-state index in [0.717, 1.165) is 56.2 Å². The largest absolute Gasteiger partial charge is 0.247 e. The summed E-state index contributed by atoms with van der Waals surface area (Å²) < 4.78 is 0. The van der Waals surface area contributed by atoms with E-state index < -0.39 is 5.41 Å². The zero-order valence-electron chi connectivity index (χ0n) is 30.3. The molecule has 1 spiro atoms. The van der Waals surface area contributed by atoms with Crippen LogP contribution in [0.25, 0.3) is 67.3 Å². The number of pyridine rings is 1. The van der Waals surface area contributed by atoms with Gasteiger partial charge in [0.05, 0.1) is 28.2 Å². The Morgan fingerprint density at radius 2 is 0.821 bits per heavy atom. The van der Waals surface area contributed by atoms with Gasteiger partial charge in [-0.05, 0) is 75.3 Å². The Hall–Kier alpha value is -6.88. The first-order valence-corrected chi connectivity index (χ1v) is 19.8. The summed E-state index contributed by atoms with van der Waals surface area (Å²) in [6.45, 7) is 0. The third-order valence-electron chi connectivity index (χ3n) is 11.3. The lowest BCUT2D eigenvalue weighted by Crippen LogP contribution is -2.32. The summed E-state index contributed by atoms with van der Waals surface area (Å²) in [6.07, 6.45) is 0. The Morgan fingerprint density at radius 1 is 0.321 bits per heavy atom. The van der Waals surface area contributed by atoms with Crippen molar-refractivity contribution in [3.05, 3.63) is 222 Å². The molecule has 4 heteroatoms. The lowest BCUT2D eigenvalue weighted by atomic mass is 9.67. The van der Waals surface area contributed by atoms with Gasteiger partial charge in [-0.1, -0.05) is 176 Å². The predicted molar refractivity (Wildman–Crippen MR) is 228 cm³/mol. The molecule has 2 aliphatic rings. The number of hydrogen-bond donors (Lipinski definition) is 0. The molecule has 3 nitrogen and oxygen atoms in total. The molecule has 0 fully saturated rings. The Morgan fingerprint density at radius 3 is 1.50 bits per heavy atom. The molecule has 262 valence electrons. The molecule has 11 rings (SSSR count). The number of rotatable bonds is 5. The molecule has 0 amide bonds. The fourth-order valence-corrected chi connectivity index (χ4v) is 9.93. The third kappa shape index (κ3) is 5.10. The molecule has 0 radical (unpaired) electrons. The summed E-state index contributed by atoms with van der Waals surface area (Å²) in [5.74, 6) is 0. The van der Waals surface area contributed by atoms with Gasteiger partial charge in [-0.15, -0.1) is 10.2 Å². The van der Waals surface area contributed by atoms with Crippen molar-refractivity contribution in [3.8, 4) is 67.3 Å². The van der Waals surface area contributed by atoms with E-state index in [9.17, 15) is 0 Å². The van der Waals surface area contributed by atoms with E-state index in [4.69, 9.17) is 15.2 Å². The van der Waals surface area contributed by atoms with Crippen LogP contribution in [0.2, 0.25) is 0 Å². The maximum absolute atomic E-state index is 5.17. The van der Waals surface area contributed by atoms with Crippen LogP contribution in [0.15, 0.2) is 210 Å². The van der Waals surface area contributed by atoms with Crippen LogP contribution in [-0.2, 0) is 5.41 Å². The number of hydrogen-bond acceptors (Lipinski definition) is 4. The first-order chi connectivity index (χ1) is 27.8. The van der Waals surface area contributed by atoms with Gasteiger partial charge < -0.3 is 0 Å². The first-order valence-electron chi connectivity index (χ1n) is 18.9. The summed E-state index contributed by atoms with van der Waals surface area (Å²) in [4.78, 5) is 7.73. The first kappa shape index (κ1) is 32.5. The van der Waals surface area contributed by atoms with E-state index >= 15 is 0 Å². The standard InChI is InChI=1S/C52H33N3S/c1-3-13-35(14-4-1)46-29-28-39(51(53-46)37-15-5-2-6-16-37)34-23-25-36(26-24-34)47-30-31-48(55-54-47)38-27-32-50-45(33-38)52(44-21-11-12-22-49(44)56-50)42-19-9-7-17-40(42)41-18-8-10-20-43(41)52/h1-33H. The van der Waals surface area contributed by atoms with Crippen LogP contribution in [0.4, 0.5) is 0 Å². The molecule has 0 atom stereocenters. The Balaban J connectivity index is 0.950. The van der Waals surface area contributed by atoms with Crippen LogP contribution in [0.1, 0.15) is 22.3 Å². The van der Waals surface area contributed by atoms with Gasteiger partial charge in [0.15, 0.2) is 0 Å². The van der Waals surface area contributed by atoms with Gasteiger partial charge in [-0.2, -0.15) is 0 Å². The normalized spacial score (nSPS) is 13.1. The highest BCUT2D eigenvalue weighted by molar-refractivity contribution is 7.99. The van der Waals surface area contributed by atoms with E-state index in [1.54, 1.807) is 0 Å². The molecule has 0 saturated heterocycles. The van der Waals surface area contributed by atoms with Crippen molar-refractivity contribution >= 4 is 11.8 Å². The summed E-state index contributed by atoms with van der Waals surface area (Å²) in [5.41, 5.74) is 17.5. The quantitative estimate of drug-likeness (QED) is 0.177. The Bertz CT molecular complexity index is 2880. The molecule has 0 N–H and O–H groups in total. The van der Waals surface area contributed by atoms with Crippen molar-refractivity contribution in [3.63, 3.8) is 0 Å². The fraction of sp³-hybridized carbons (Fsp3) is 0.0192. The molecule has 9 aromatic rings. The zero-order valence-corrected chi connectivity index (χ0v) is 31.1. The third-order valence-corrected chi connectivity index (χ3v) is 12.5. The van der Waals surface area contributed by atoms with Gasteiger partial charge >= 0.3 is 0 Å². The average Bonchev–Trinajstić information content (AvgIpc) is 3.57. The fourth-order valence-electron chi connectivity index (χ4n) is 8.75. The lowest BCUT2D eigenvalue weighted by Gasteiger charge is -2.39. The topological polar surface area (TPSA) is 38.7 Å². The maximum Gasteiger partial charge on any atom is 0.0930 e. The van der Waals surface area contributed by atoms with Crippen LogP contribution in [-0.4, -0.2) is 15.2 Å². The molecular formula is C52H33N3S. The second-order valence-corrected chi connectivity index (χ2v) is 15.4. The average molecular weight is 732 g/mol. The summed E-state index contributed by atoms with van der Waals surface area (Å²) in [6, 6.07) is 71.4. The molecule has 0 bridgehead atoms. The smallest absolute Gasteiger partial charge is 0.0930 e. The number of nitrogens with zero attached hydrogens (tertiary/aromatic N) is 3. The van der Waals surface area contributed by atoms with Crippen LogP contribution in [0, 0.1) is 0 Å². The van der Waals surface area contributed by atoms with E-state index in [-0.39, 0.29) is 0 Å². The summed E-state index contributed by atoms with van der Waals surface area (Å²) >= 11 is 1.85. The number of fused-ring (bicyclic) bond motifs is 9. The zero-order chi connectivity index (χ0) is 37.1. The van der Waals surface area contributed by atoms with E-state index in [0.29, 0.717) is 0 Å². The monoisotopic (exact) mass is 731 g/mol. The molecule has 1 aliphatic carbocycles. The van der Waals surface area contributed by atoms with Crippen molar-refractivity contribution in [2.24, 2.45) is 0 Å². The van der Waals surface area contributed by atoms with E-state index in [2.05, 4.69) is 188 Å².